The molecule has 0 aromatic carbocycles. The van der Waals surface area contributed by atoms with Crippen molar-refractivity contribution in [3.05, 3.63) is 30.1 Å². The molecule has 2 heterocycles. The van der Waals surface area contributed by atoms with Gasteiger partial charge in [0.15, 0.2) is 5.78 Å². The molecule has 0 spiro atoms. The lowest BCUT2D eigenvalue weighted by molar-refractivity contribution is 0.0873. The molecule has 1 aliphatic rings. The van der Waals surface area contributed by atoms with Gasteiger partial charge in [-0.2, -0.15) is 4.31 Å². The van der Waals surface area contributed by atoms with Gasteiger partial charge in [0.05, 0.1) is 0 Å². The number of carbonyl (C=O) groups excluding carboxylic acids is 1. The standard InChI is InChI=1S/C10H13N3O3S/c14-10(8-2-1-3-11-6-8)9-7-12-4-5-13(9)17(15)16/h1-3,6,9,12H,4-5,7H2,(H,15,16). The first-order chi connectivity index (χ1) is 8.20. The Hall–Kier alpha value is -1.15. The van der Waals surface area contributed by atoms with Crippen molar-refractivity contribution in [3.8, 4) is 0 Å². The SMILES string of the molecule is O=C(c1cccnc1)C1CNCCN1S(=O)O. The Morgan fingerprint density at radius 1 is 1.65 bits per heavy atom. The van der Waals surface area contributed by atoms with Gasteiger partial charge in [-0.05, 0) is 12.1 Å². The molecule has 7 heteroatoms. The van der Waals surface area contributed by atoms with E-state index < -0.39 is 17.3 Å². The Balaban J connectivity index is 2.20. The van der Waals surface area contributed by atoms with Crippen LogP contribution in [0.15, 0.2) is 24.5 Å². The van der Waals surface area contributed by atoms with E-state index in [1.165, 1.54) is 10.5 Å². The predicted octanol–water partition coefficient (Wildman–Crippen LogP) is -0.325. The summed E-state index contributed by atoms with van der Waals surface area (Å²) in [5, 5.41) is 3.04. The topological polar surface area (TPSA) is 82.5 Å². The van der Waals surface area contributed by atoms with E-state index in [1.54, 1.807) is 18.3 Å². The zero-order chi connectivity index (χ0) is 12.3. The van der Waals surface area contributed by atoms with E-state index in [4.69, 9.17) is 4.55 Å². The molecule has 1 aromatic heterocycles. The summed E-state index contributed by atoms with van der Waals surface area (Å²) < 4.78 is 21.6. The van der Waals surface area contributed by atoms with Gasteiger partial charge in [-0.1, -0.05) is 0 Å². The van der Waals surface area contributed by atoms with Gasteiger partial charge in [-0.25, -0.2) is 4.21 Å². The summed E-state index contributed by atoms with van der Waals surface area (Å²) in [5.74, 6) is -0.187. The van der Waals surface area contributed by atoms with Crippen LogP contribution >= 0.6 is 0 Å². The highest BCUT2D eigenvalue weighted by atomic mass is 32.2. The van der Waals surface area contributed by atoms with Crippen molar-refractivity contribution in [1.29, 1.82) is 0 Å². The molecule has 0 bridgehead atoms. The zero-order valence-corrected chi connectivity index (χ0v) is 9.89. The number of rotatable bonds is 3. The number of hydrogen-bond donors (Lipinski definition) is 2. The van der Waals surface area contributed by atoms with Gasteiger partial charge in [0.25, 0.3) is 0 Å². The lowest BCUT2D eigenvalue weighted by Crippen LogP contribution is -2.55. The zero-order valence-electron chi connectivity index (χ0n) is 9.07. The number of ketones is 1. The van der Waals surface area contributed by atoms with E-state index in [-0.39, 0.29) is 5.78 Å². The highest BCUT2D eigenvalue weighted by Gasteiger charge is 2.32. The first-order valence-corrected chi connectivity index (χ1v) is 6.29. The number of aromatic nitrogens is 1. The van der Waals surface area contributed by atoms with Crippen LogP contribution in [0.4, 0.5) is 0 Å². The smallest absolute Gasteiger partial charge is 0.235 e. The van der Waals surface area contributed by atoms with Gasteiger partial charge in [-0.15, -0.1) is 0 Å². The normalized spacial score (nSPS) is 23.2. The van der Waals surface area contributed by atoms with Crippen molar-refractivity contribution in [2.45, 2.75) is 6.04 Å². The lowest BCUT2D eigenvalue weighted by Gasteiger charge is -2.31. The van der Waals surface area contributed by atoms with Crippen LogP contribution in [0.1, 0.15) is 10.4 Å². The molecule has 0 aliphatic carbocycles. The summed E-state index contributed by atoms with van der Waals surface area (Å²) in [6, 6.07) is 2.71. The molecular weight excluding hydrogens is 242 g/mol. The first-order valence-electron chi connectivity index (χ1n) is 5.22. The molecule has 2 atom stereocenters. The van der Waals surface area contributed by atoms with E-state index in [2.05, 4.69) is 10.3 Å². The highest BCUT2D eigenvalue weighted by Crippen LogP contribution is 2.11. The number of pyridine rings is 1. The van der Waals surface area contributed by atoms with Crippen molar-refractivity contribution in [2.75, 3.05) is 19.6 Å². The third kappa shape index (κ3) is 2.75. The molecule has 1 fully saturated rings. The minimum atomic E-state index is -2.12. The van der Waals surface area contributed by atoms with Crippen LogP contribution in [0.5, 0.6) is 0 Å². The number of Topliss-reactive ketones (excluding diaryl/α,β-unsaturated/α-hetero) is 1. The second-order valence-electron chi connectivity index (χ2n) is 3.70. The molecule has 1 saturated heterocycles. The average Bonchev–Trinajstić information content (AvgIpc) is 2.39. The number of nitrogens with one attached hydrogen (secondary N) is 1. The molecule has 0 radical (unpaired) electrons. The monoisotopic (exact) mass is 255 g/mol. The van der Waals surface area contributed by atoms with Crippen LogP contribution in [0.3, 0.4) is 0 Å². The number of carbonyl (C=O) groups is 1. The maximum atomic E-state index is 12.1. The number of piperazine rings is 1. The minimum Gasteiger partial charge on any atom is -0.313 e. The second kappa shape index (κ2) is 5.46. The van der Waals surface area contributed by atoms with Crippen LogP contribution in [-0.2, 0) is 11.3 Å². The quantitative estimate of drug-likeness (QED) is 0.571. The van der Waals surface area contributed by atoms with Crippen molar-refractivity contribution < 1.29 is 13.6 Å². The summed E-state index contributed by atoms with van der Waals surface area (Å²) in [6.45, 7) is 1.35. The molecule has 92 valence electrons. The molecule has 2 N–H and O–H groups in total. The van der Waals surface area contributed by atoms with Gasteiger partial charge in [0, 0.05) is 37.6 Å². The van der Waals surface area contributed by atoms with Gasteiger partial charge in [-0.3, -0.25) is 14.3 Å². The van der Waals surface area contributed by atoms with Crippen molar-refractivity contribution in [2.24, 2.45) is 0 Å². The molecule has 1 aliphatic heterocycles. The maximum Gasteiger partial charge on any atom is 0.235 e. The Morgan fingerprint density at radius 3 is 3.12 bits per heavy atom. The fraction of sp³-hybridized carbons (Fsp3) is 0.400. The molecular formula is C10H13N3O3S. The third-order valence-corrected chi connectivity index (χ3v) is 3.48. The van der Waals surface area contributed by atoms with E-state index in [9.17, 15) is 9.00 Å². The fourth-order valence-electron chi connectivity index (χ4n) is 1.80. The molecule has 17 heavy (non-hydrogen) atoms. The fourth-order valence-corrected chi connectivity index (χ4v) is 2.43. The summed E-state index contributed by atoms with van der Waals surface area (Å²) in [4.78, 5) is 16.0. The highest BCUT2D eigenvalue weighted by molar-refractivity contribution is 7.76. The molecule has 6 nitrogen and oxygen atoms in total. The predicted molar refractivity (Wildman–Crippen MR) is 62.7 cm³/mol. The van der Waals surface area contributed by atoms with E-state index in [1.807, 2.05) is 0 Å². The van der Waals surface area contributed by atoms with Crippen LogP contribution in [0.25, 0.3) is 0 Å². The van der Waals surface area contributed by atoms with E-state index in [0.717, 1.165) is 0 Å². The van der Waals surface area contributed by atoms with Crippen molar-refractivity contribution in [3.63, 3.8) is 0 Å². The summed E-state index contributed by atoms with van der Waals surface area (Å²) in [5.41, 5.74) is 0.455. The van der Waals surface area contributed by atoms with Gasteiger partial charge >= 0.3 is 0 Å². The van der Waals surface area contributed by atoms with E-state index >= 15 is 0 Å². The van der Waals surface area contributed by atoms with Crippen LogP contribution in [-0.4, -0.2) is 49.5 Å². The van der Waals surface area contributed by atoms with Crippen LogP contribution < -0.4 is 5.32 Å². The number of hydrogen-bond acceptors (Lipinski definition) is 4. The summed E-state index contributed by atoms with van der Waals surface area (Å²) in [7, 11) is 0. The Kier molecular flexibility index (Phi) is 3.95. The van der Waals surface area contributed by atoms with Gasteiger partial charge in [0.2, 0.25) is 11.3 Å². The van der Waals surface area contributed by atoms with Gasteiger partial charge in [0.1, 0.15) is 6.04 Å². The molecule has 0 amide bonds. The molecule has 1 aromatic rings. The first kappa shape index (κ1) is 12.3. The van der Waals surface area contributed by atoms with E-state index in [0.29, 0.717) is 25.2 Å². The van der Waals surface area contributed by atoms with Crippen molar-refractivity contribution in [1.82, 2.24) is 14.6 Å². The van der Waals surface area contributed by atoms with Crippen LogP contribution in [0.2, 0.25) is 0 Å². The molecule has 2 rings (SSSR count). The summed E-state index contributed by atoms with van der Waals surface area (Å²) in [6.07, 6.45) is 3.05. The Bertz CT molecular complexity index is 426. The largest absolute Gasteiger partial charge is 0.313 e. The molecule has 2 unspecified atom stereocenters. The third-order valence-electron chi connectivity index (χ3n) is 2.64. The Morgan fingerprint density at radius 2 is 2.47 bits per heavy atom. The Labute approximate surface area is 101 Å². The van der Waals surface area contributed by atoms with Gasteiger partial charge < -0.3 is 5.32 Å². The second-order valence-corrected chi connectivity index (χ2v) is 4.63. The average molecular weight is 255 g/mol. The maximum absolute atomic E-state index is 12.1. The summed E-state index contributed by atoms with van der Waals surface area (Å²) >= 11 is -2.12. The molecule has 0 saturated carbocycles. The lowest BCUT2D eigenvalue weighted by atomic mass is 10.0. The van der Waals surface area contributed by atoms with Crippen LogP contribution in [0, 0.1) is 0 Å². The minimum absolute atomic E-state index is 0.187. The van der Waals surface area contributed by atoms with Crippen molar-refractivity contribution >= 4 is 17.0 Å². The number of nitrogens with zero attached hydrogens (tertiary/aromatic N) is 2.